The molecule has 0 heterocycles. The first-order valence-corrected chi connectivity index (χ1v) is 5.84. The van der Waals surface area contributed by atoms with Gasteiger partial charge in [-0.1, -0.05) is 39.0 Å². The van der Waals surface area contributed by atoms with Crippen molar-refractivity contribution in [3.63, 3.8) is 0 Å². The van der Waals surface area contributed by atoms with Gasteiger partial charge in [0.25, 0.3) is 0 Å². The molecule has 1 aromatic rings. The highest BCUT2D eigenvalue weighted by atomic mass is 16.5. The van der Waals surface area contributed by atoms with Crippen LogP contribution in [-0.2, 0) is 6.42 Å². The molecule has 0 radical (unpaired) electrons. The Labute approximate surface area is 93.5 Å². The molecule has 0 bridgehead atoms. The molecule has 0 N–H and O–H groups in total. The average Bonchev–Trinajstić information content (AvgIpc) is 2.16. The van der Waals surface area contributed by atoms with Crippen molar-refractivity contribution in [3.8, 4) is 5.75 Å². The average molecular weight is 206 g/mol. The molecule has 1 heteroatoms. The molecular weight excluding hydrogens is 184 g/mol. The Morgan fingerprint density at radius 3 is 2.27 bits per heavy atom. The second-order valence-corrected chi connectivity index (χ2v) is 4.51. The molecule has 0 atom stereocenters. The normalized spacial score (nSPS) is 11.1. The second kappa shape index (κ2) is 5.20. The first kappa shape index (κ1) is 12.1. The Kier molecular flexibility index (Phi) is 4.19. The quantitative estimate of drug-likeness (QED) is 0.718. The van der Waals surface area contributed by atoms with Crippen molar-refractivity contribution in [2.45, 2.75) is 53.1 Å². The molecular formula is C14H22O. The van der Waals surface area contributed by atoms with Gasteiger partial charge in [0.15, 0.2) is 0 Å². The lowest BCUT2D eigenvalue weighted by molar-refractivity contribution is 0.237. The van der Waals surface area contributed by atoms with E-state index in [1.807, 2.05) is 0 Å². The van der Waals surface area contributed by atoms with Gasteiger partial charge in [0.2, 0.25) is 0 Å². The van der Waals surface area contributed by atoms with E-state index in [-0.39, 0.29) is 6.10 Å². The first-order valence-electron chi connectivity index (χ1n) is 5.84. The lowest BCUT2D eigenvalue weighted by Gasteiger charge is -2.19. The van der Waals surface area contributed by atoms with Crippen LogP contribution in [-0.4, -0.2) is 6.10 Å². The van der Waals surface area contributed by atoms with E-state index in [1.165, 1.54) is 11.1 Å². The molecule has 1 aromatic carbocycles. The molecule has 0 fully saturated rings. The van der Waals surface area contributed by atoms with E-state index in [2.05, 4.69) is 52.8 Å². The molecule has 0 saturated carbocycles. The van der Waals surface area contributed by atoms with Crippen molar-refractivity contribution in [2.24, 2.45) is 0 Å². The summed E-state index contributed by atoms with van der Waals surface area (Å²) in [6.07, 6.45) is 1.28. The zero-order valence-corrected chi connectivity index (χ0v) is 10.5. The summed E-state index contributed by atoms with van der Waals surface area (Å²) < 4.78 is 5.93. The Balaban J connectivity index is 3.14. The number of aryl methyl sites for hydroxylation is 1. The van der Waals surface area contributed by atoms with E-state index in [4.69, 9.17) is 4.74 Å². The van der Waals surface area contributed by atoms with Crippen LogP contribution in [0.25, 0.3) is 0 Å². The van der Waals surface area contributed by atoms with Gasteiger partial charge in [0, 0.05) is 0 Å². The summed E-state index contributed by atoms with van der Waals surface area (Å²) in [7, 11) is 0. The van der Waals surface area contributed by atoms with Crippen LogP contribution in [0, 0.1) is 0 Å². The summed E-state index contributed by atoms with van der Waals surface area (Å²) in [5.74, 6) is 1.62. The number of benzene rings is 1. The zero-order chi connectivity index (χ0) is 11.4. The summed E-state index contributed by atoms with van der Waals surface area (Å²) in [6.45, 7) is 10.8. The van der Waals surface area contributed by atoms with Gasteiger partial charge in [-0.2, -0.15) is 0 Å². The van der Waals surface area contributed by atoms with E-state index in [1.54, 1.807) is 0 Å². The third-order valence-corrected chi connectivity index (χ3v) is 2.48. The SMILES string of the molecule is CCc1cccc(C(C)C)c1OC(C)C. The predicted molar refractivity (Wildman–Crippen MR) is 65.7 cm³/mol. The van der Waals surface area contributed by atoms with Gasteiger partial charge in [-0.25, -0.2) is 0 Å². The molecule has 0 aliphatic heterocycles. The van der Waals surface area contributed by atoms with Crippen LogP contribution < -0.4 is 4.74 Å². The van der Waals surface area contributed by atoms with Gasteiger partial charge >= 0.3 is 0 Å². The highest BCUT2D eigenvalue weighted by Crippen LogP contribution is 2.31. The summed E-state index contributed by atoms with van der Waals surface area (Å²) in [5.41, 5.74) is 2.64. The molecule has 0 aliphatic rings. The Bertz CT molecular complexity index is 313. The second-order valence-electron chi connectivity index (χ2n) is 4.51. The number of hydrogen-bond acceptors (Lipinski definition) is 1. The molecule has 0 unspecified atom stereocenters. The maximum Gasteiger partial charge on any atom is 0.126 e. The van der Waals surface area contributed by atoms with Crippen LogP contribution in [0.3, 0.4) is 0 Å². The Morgan fingerprint density at radius 1 is 1.13 bits per heavy atom. The molecule has 0 saturated heterocycles. The minimum Gasteiger partial charge on any atom is -0.490 e. The fourth-order valence-electron chi connectivity index (χ4n) is 1.72. The Hall–Kier alpha value is -0.980. The summed E-state index contributed by atoms with van der Waals surface area (Å²) in [4.78, 5) is 0. The molecule has 84 valence electrons. The minimum absolute atomic E-state index is 0.246. The van der Waals surface area contributed by atoms with Crippen LogP contribution in [0.15, 0.2) is 18.2 Å². The standard InChI is InChI=1S/C14H22O/c1-6-12-8-7-9-13(10(2)3)14(12)15-11(4)5/h7-11H,6H2,1-5H3. The third kappa shape index (κ3) is 2.98. The smallest absolute Gasteiger partial charge is 0.126 e. The fraction of sp³-hybridized carbons (Fsp3) is 0.571. The maximum atomic E-state index is 5.93. The van der Waals surface area contributed by atoms with Crippen molar-refractivity contribution in [1.82, 2.24) is 0 Å². The highest BCUT2D eigenvalue weighted by Gasteiger charge is 2.12. The van der Waals surface area contributed by atoms with E-state index >= 15 is 0 Å². The van der Waals surface area contributed by atoms with E-state index < -0.39 is 0 Å². The third-order valence-electron chi connectivity index (χ3n) is 2.48. The number of hydrogen-bond donors (Lipinski definition) is 0. The number of para-hydroxylation sites is 1. The fourth-order valence-corrected chi connectivity index (χ4v) is 1.72. The van der Waals surface area contributed by atoms with Crippen LogP contribution in [0.4, 0.5) is 0 Å². The topological polar surface area (TPSA) is 9.23 Å². The number of ether oxygens (including phenoxy) is 1. The summed E-state index contributed by atoms with van der Waals surface area (Å²) in [5, 5.41) is 0. The summed E-state index contributed by atoms with van der Waals surface area (Å²) in [6, 6.07) is 6.45. The predicted octanol–water partition coefficient (Wildman–Crippen LogP) is 4.16. The van der Waals surface area contributed by atoms with E-state index in [0.29, 0.717) is 5.92 Å². The zero-order valence-electron chi connectivity index (χ0n) is 10.5. The minimum atomic E-state index is 0.246. The van der Waals surface area contributed by atoms with Crippen molar-refractivity contribution < 1.29 is 4.74 Å². The largest absolute Gasteiger partial charge is 0.490 e. The molecule has 1 rings (SSSR count). The van der Waals surface area contributed by atoms with Crippen LogP contribution in [0.5, 0.6) is 5.75 Å². The van der Waals surface area contributed by atoms with Gasteiger partial charge in [-0.3, -0.25) is 0 Å². The van der Waals surface area contributed by atoms with Crippen molar-refractivity contribution in [2.75, 3.05) is 0 Å². The van der Waals surface area contributed by atoms with Gasteiger partial charge < -0.3 is 4.74 Å². The maximum absolute atomic E-state index is 5.93. The van der Waals surface area contributed by atoms with Crippen LogP contribution in [0.2, 0.25) is 0 Å². The van der Waals surface area contributed by atoms with Crippen molar-refractivity contribution in [1.29, 1.82) is 0 Å². The molecule has 1 nitrogen and oxygen atoms in total. The van der Waals surface area contributed by atoms with Gasteiger partial charge in [-0.15, -0.1) is 0 Å². The van der Waals surface area contributed by atoms with Gasteiger partial charge in [0.05, 0.1) is 6.10 Å². The molecule has 15 heavy (non-hydrogen) atoms. The van der Waals surface area contributed by atoms with Crippen molar-refractivity contribution in [3.05, 3.63) is 29.3 Å². The van der Waals surface area contributed by atoms with Crippen molar-refractivity contribution >= 4 is 0 Å². The van der Waals surface area contributed by atoms with E-state index in [0.717, 1.165) is 12.2 Å². The van der Waals surface area contributed by atoms with Gasteiger partial charge in [0.1, 0.15) is 5.75 Å². The summed E-state index contributed by atoms with van der Waals surface area (Å²) >= 11 is 0. The molecule has 0 spiro atoms. The first-order chi connectivity index (χ1) is 7.06. The van der Waals surface area contributed by atoms with Crippen LogP contribution in [0.1, 0.15) is 51.7 Å². The van der Waals surface area contributed by atoms with Gasteiger partial charge in [-0.05, 0) is 37.3 Å². The molecule has 0 amide bonds. The number of rotatable bonds is 4. The lowest BCUT2D eigenvalue weighted by atomic mass is 9.98. The monoisotopic (exact) mass is 206 g/mol. The lowest BCUT2D eigenvalue weighted by Crippen LogP contribution is -2.10. The Morgan fingerprint density at radius 2 is 1.80 bits per heavy atom. The molecule has 0 aromatic heterocycles. The highest BCUT2D eigenvalue weighted by molar-refractivity contribution is 5.43. The van der Waals surface area contributed by atoms with Crippen LogP contribution >= 0.6 is 0 Å². The van der Waals surface area contributed by atoms with E-state index in [9.17, 15) is 0 Å². The molecule has 0 aliphatic carbocycles.